The lowest BCUT2D eigenvalue weighted by molar-refractivity contribution is -0.0440. The minimum absolute atomic E-state index is 0.376. The summed E-state index contributed by atoms with van der Waals surface area (Å²) in [5.41, 5.74) is 0.879. The summed E-state index contributed by atoms with van der Waals surface area (Å²) in [6, 6.07) is 9.41. The Morgan fingerprint density at radius 1 is 1.47 bits per heavy atom. The monoisotopic (exact) mass is 228 g/mol. The zero-order chi connectivity index (χ0) is 11.1. The highest BCUT2D eigenvalue weighted by molar-refractivity contribution is 6.17. The maximum Gasteiger partial charge on any atom is 0.174 e. The molecule has 0 radical (unpaired) electrons. The van der Waals surface area contributed by atoms with Crippen LogP contribution in [-0.2, 0) is 4.74 Å². The zero-order valence-electron chi connectivity index (χ0n) is 8.47. The molecule has 5 heteroatoms. The summed E-state index contributed by atoms with van der Waals surface area (Å²) in [7, 11) is 1.57. The van der Waals surface area contributed by atoms with E-state index in [1.165, 1.54) is 5.01 Å². The standard InChI is InChI=1S/C10H13ClN2O2/c1-13(12-14)10(15-8-7-11)9-5-3-2-4-6-9/h2-6,10H,7-8H2,1H3. The minimum Gasteiger partial charge on any atom is -0.351 e. The molecule has 1 unspecified atom stereocenters. The van der Waals surface area contributed by atoms with Crippen molar-refractivity contribution < 1.29 is 4.74 Å². The molecule has 0 aliphatic carbocycles. The lowest BCUT2D eigenvalue weighted by atomic mass is 10.2. The number of rotatable bonds is 6. The molecule has 1 aromatic carbocycles. The summed E-state index contributed by atoms with van der Waals surface area (Å²) in [5.74, 6) is 0.385. The number of alkyl halides is 1. The maximum atomic E-state index is 10.4. The summed E-state index contributed by atoms with van der Waals surface area (Å²) in [5, 5.41) is 4.06. The Balaban J connectivity index is 2.76. The first-order valence-corrected chi connectivity index (χ1v) is 5.11. The Bertz CT molecular complexity index is 295. The molecule has 0 N–H and O–H groups in total. The van der Waals surface area contributed by atoms with Gasteiger partial charge in [-0.2, -0.15) is 0 Å². The highest BCUT2D eigenvalue weighted by Gasteiger charge is 2.16. The molecule has 82 valence electrons. The summed E-state index contributed by atoms with van der Waals surface area (Å²) < 4.78 is 5.43. The largest absolute Gasteiger partial charge is 0.351 e. The van der Waals surface area contributed by atoms with Crippen LogP contribution in [0.3, 0.4) is 0 Å². The Hall–Kier alpha value is -1.13. The summed E-state index contributed by atoms with van der Waals surface area (Å²) in [6.45, 7) is 0.376. The van der Waals surface area contributed by atoms with Gasteiger partial charge in [0, 0.05) is 18.5 Å². The number of nitrogens with zero attached hydrogens (tertiary/aromatic N) is 2. The number of ether oxygens (including phenoxy) is 1. The quantitative estimate of drug-likeness (QED) is 0.325. The number of benzene rings is 1. The molecular formula is C10H13ClN2O2. The van der Waals surface area contributed by atoms with Gasteiger partial charge in [-0.3, -0.25) is 0 Å². The van der Waals surface area contributed by atoms with Gasteiger partial charge in [0.2, 0.25) is 0 Å². The smallest absolute Gasteiger partial charge is 0.174 e. The molecule has 1 rings (SSSR count). The second-order valence-electron chi connectivity index (χ2n) is 2.98. The third-order valence-electron chi connectivity index (χ3n) is 1.91. The van der Waals surface area contributed by atoms with Gasteiger partial charge in [0.1, 0.15) is 0 Å². The predicted molar refractivity (Wildman–Crippen MR) is 59.4 cm³/mol. The molecule has 0 saturated carbocycles. The number of halogens is 1. The maximum absolute atomic E-state index is 10.4. The first-order chi connectivity index (χ1) is 7.29. The highest BCUT2D eigenvalue weighted by atomic mass is 35.5. The van der Waals surface area contributed by atoms with Gasteiger partial charge in [0.25, 0.3) is 0 Å². The van der Waals surface area contributed by atoms with Crippen molar-refractivity contribution in [3.05, 3.63) is 40.8 Å². The Morgan fingerprint density at radius 2 is 2.13 bits per heavy atom. The van der Waals surface area contributed by atoms with E-state index in [0.29, 0.717) is 12.5 Å². The molecule has 0 aliphatic rings. The molecule has 0 amide bonds. The first kappa shape index (κ1) is 11.9. The third kappa shape index (κ3) is 3.49. The van der Waals surface area contributed by atoms with Gasteiger partial charge in [-0.1, -0.05) is 30.3 Å². The predicted octanol–water partition coefficient (Wildman–Crippen LogP) is 2.55. The summed E-state index contributed by atoms with van der Waals surface area (Å²) >= 11 is 5.53. The fourth-order valence-corrected chi connectivity index (χ4v) is 1.33. The van der Waals surface area contributed by atoms with Crippen LogP contribution in [0.1, 0.15) is 11.8 Å². The second-order valence-corrected chi connectivity index (χ2v) is 3.36. The van der Waals surface area contributed by atoms with E-state index in [2.05, 4.69) is 5.29 Å². The van der Waals surface area contributed by atoms with Crippen molar-refractivity contribution in [3.63, 3.8) is 0 Å². The molecule has 1 aromatic rings. The van der Waals surface area contributed by atoms with Gasteiger partial charge in [-0.05, 0) is 0 Å². The Labute approximate surface area is 93.7 Å². The number of nitroso groups, excluding NO2 is 1. The highest BCUT2D eigenvalue weighted by Crippen LogP contribution is 2.20. The van der Waals surface area contributed by atoms with Crippen molar-refractivity contribution in [1.82, 2.24) is 5.01 Å². The number of hydrogen-bond donors (Lipinski definition) is 0. The van der Waals surface area contributed by atoms with Crippen LogP contribution in [0.2, 0.25) is 0 Å². The van der Waals surface area contributed by atoms with E-state index in [4.69, 9.17) is 16.3 Å². The van der Waals surface area contributed by atoms with E-state index in [-0.39, 0.29) is 0 Å². The fourth-order valence-electron chi connectivity index (χ4n) is 1.24. The molecule has 0 saturated heterocycles. The molecule has 0 fully saturated rings. The van der Waals surface area contributed by atoms with Crippen LogP contribution in [0.25, 0.3) is 0 Å². The van der Waals surface area contributed by atoms with Crippen molar-refractivity contribution in [1.29, 1.82) is 0 Å². The van der Waals surface area contributed by atoms with Gasteiger partial charge in [0.15, 0.2) is 6.23 Å². The first-order valence-electron chi connectivity index (χ1n) is 4.58. The Kier molecular flexibility index (Phi) is 5.07. The SMILES string of the molecule is CN(N=O)C(OCCCl)c1ccccc1. The summed E-state index contributed by atoms with van der Waals surface area (Å²) in [4.78, 5) is 10.4. The van der Waals surface area contributed by atoms with E-state index in [9.17, 15) is 4.91 Å². The number of hydrogen-bond acceptors (Lipinski definition) is 3. The van der Waals surface area contributed by atoms with Crippen molar-refractivity contribution in [3.8, 4) is 0 Å². The van der Waals surface area contributed by atoms with Crippen LogP contribution in [0.5, 0.6) is 0 Å². The van der Waals surface area contributed by atoms with E-state index in [0.717, 1.165) is 5.56 Å². The van der Waals surface area contributed by atoms with Gasteiger partial charge < -0.3 is 4.74 Å². The Morgan fingerprint density at radius 3 is 2.67 bits per heavy atom. The van der Waals surface area contributed by atoms with Gasteiger partial charge in [0.05, 0.1) is 11.9 Å². The van der Waals surface area contributed by atoms with Gasteiger partial charge >= 0.3 is 0 Å². The average molecular weight is 229 g/mol. The average Bonchev–Trinajstić information content (AvgIpc) is 2.30. The molecule has 0 bridgehead atoms. The normalized spacial score (nSPS) is 12.1. The van der Waals surface area contributed by atoms with Crippen molar-refractivity contribution in [2.24, 2.45) is 5.29 Å². The van der Waals surface area contributed by atoms with Crippen LogP contribution in [-0.4, -0.2) is 24.5 Å². The summed E-state index contributed by atoms with van der Waals surface area (Å²) in [6.07, 6.45) is -0.470. The third-order valence-corrected chi connectivity index (χ3v) is 2.06. The topological polar surface area (TPSA) is 41.9 Å². The van der Waals surface area contributed by atoms with Crippen LogP contribution < -0.4 is 0 Å². The van der Waals surface area contributed by atoms with E-state index < -0.39 is 6.23 Å². The zero-order valence-corrected chi connectivity index (χ0v) is 9.22. The van der Waals surface area contributed by atoms with E-state index in [1.807, 2.05) is 30.3 Å². The van der Waals surface area contributed by atoms with E-state index in [1.54, 1.807) is 7.05 Å². The molecule has 1 atom stereocenters. The molecule has 0 aliphatic heterocycles. The molecular weight excluding hydrogens is 216 g/mol. The molecule has 0 aromatic heterocycles. The molecule has 0 spiro atoms. The van der Waals surface area contributed by atoms with Crippen LogP contribution in [0.4, 0.5) is 0 Å². The van der Waals surface area contributed by atoms with E-state index >= 15 is 0 Å². The lowest BCUT2D eigenvalue weighted by Gasteiger charge is -2.22. The van der Waals surface area contributed by atoms with Crippen molar-refractivity contribution >= 4 is 11.6 Å². The molecule has 15 heavy (non-hydrogen) atoms. The lowest BCUT2D eigenvalue weighted by Crippen LogP contribution is -2.22. The van der Waals surface area contributed by atoms with Crippen molar-refractivity contribution in [2.75, 3.05) is 19.5 Å². The molecule has 4 nitrogen and oxygen atoms in total. The minimum atomic E-state index is -0.470. The second kappa shape index (κ2) is 6.37. The van der Waals surface area contributed by atoms with Crippen LogP contribution in [0.15, 0.2) is 35.6 Å². The van der Waals surface area contributed by atoms with Crippen LogP contribution >= 0.6 is 11.6 Å². The molecule has 0 heterocycles. The van der Waals surface area contributed by atoms with Crippen molar-refractivity contribution in [2.45, 2.75) is 6.23 Å². The van der Waals surface area contributed by atoms with Crippen LogP contribution in [0, 0.1) is 4.91 Å². The van der Waals surface area contributed by atoms with Gasteiger partial charge in [-0.15, -0.1) is 16.5 Å². The fraction of sp³-hybridized carbons (Fsp3) is 0.400. The van der Waals surface area contributed by atoms with Gasteiger partial charge in [-0.25, -0.2) is 5.01 Å².